The van der Waals surface area contributed by atoms with Crippen molar-refractivity contribution in [3.05, 3.63) is 94.4 Å². The lowest BCUT2D eigenvalue weighted by atomic mass is 10.2. The van der Waals surface area contributed by atoms with Crippen molar-refractivity contribution in [2.75, 3.05) is 6.54 Å². The molecule has 0 saturated carbocycles. The van der Waals surface area contributed by atoms with E-state index < -0.39 is 0 Å². The van der Waals surface area contributed by atoms with Gasteiger partial charge >= 0.3 is 0 Å². The molecule has 1 heterocycles. The molecule has 1 fully saturated rings. The Hall–Kier alpha value is -2.47. The van der Waals surface area contributed by atoms with Crippen molar-refractivity contribution < 1.29 is 4.79 Å². The molecule has 3 nitrogen and oxygen atoms in total. The third-order valence-corrected chi connectivity index (χ3v) is 6.82. The number of nitrogens with zero attached hydrogens (tertiary/aromatic N) is 2. The van der Waals surface area contributed by atoms with Gasteiger partial charge in [-0.3, -0.25) is 9.69 Å². The summed E-state index contributed by atoms with van der Waals surface area (Å²) in [4.78, 5) is 22.4. The van der Waals surface area contributed by atoms with Crippen LogP contribution >= 0.6 is 35.1 Å². The van der Waals surface area contributed by atoms with Gasteiger partial charge in [-0.25, -0.2) is 4.99 Å². The Labute approximate surface area is 196 Å². The van der Waals surface area contributed by atoms with E-state index in [1.54, 1.807) is 16.7 Å². The number of para-hydroxylation sites is 1. The number of carbonyl (C=O) groups is 1. The summed E-state index contributed by atoms with van der Waals surface area (Å²) in [6.07, 6.45) is 2.82. The van der Waals surface area contributed by atoms with E-state index in [-0.39, 0.29) is 5.91 Å². The highest BCUT2D eigenvalue weighted by molar-refractivity contribution is 8.18. The fourth-order valence-electron chi connectivity index (χ4n) is 3.05. The molecule has 0 aromatic heterocycles. The van der Waals surface area contributed by atoms with Crippen LogP contribution in [0.25, 0.3) is 6.08 Å². The van der Waals surface area contributed by atoms with Crippen molar-refractivity contribution >= 4 is 58.0 Å². The van der Waals surface area contributed by atoms with Gasteiger partial charge in [0, 0.05) is 21.4 Å². The van der Waals surface area contributed by atoms with E-state index in [0.29, 0.717) is 11.4 Å². The molecule has 3 aromatic rings. The molecule has 0 bridgehead atoms. The summed E-state index contributed by atoms with van der Waals surface area (Å²) in [5.74, 6) is 0.0150. The van der Waals surface area contributed by atoms with E-state index in [0.717, 1.165) is 37.7 Å². The molecule has 1 saturated heterocycles. The molecule has 31 heavy (non-hydrogen) atoms. The SMILES string of the molecule is CCCN1C(=O)/C(=C/c2ccc(Sc3ccc(Cl)cc3)cc2)SC1=Nc1ccccc1. The van der Waals surface area contributed by atoms with Crippen LogP contribution in [0, 0.1) is 0 Å². The number of benzene rings is 3. The van der Waals surface area contributed by atoms with Gasteiger partial charge < -0.3 is 0 Å². The van der Waals surface area contributed by atoms with Crippen LogP contribution in [0.2, 0.25) is 5.02 Å². The summed E-state index contributed by atoms with van der Waals surface area (Å²) in [6.45, 7) is 2.72. The van der Waals surface area contributed by atoms with Crippen LogP contribution < -0.4 is 0 Å². The summed E-state index contributed by atoms with van der Waals surface area (Å²) < 4.78 is 0. The Morgan fingerprint density at radius 3 is 2.26 bits per heavy atom. The molecule has 3 aromatic carbocycles. The van der Waals surface area contributed by atoms with Gasteiger partial charge in [-0.15, -0.1) is 0 Å². The predicted molar refractivity (Wildman–Crippen MR) is 133 cm³/mol. The topological polar surface area (TPSA) is 32.7 Å². The first-order valence-electron chi connectivity index (χ1n) is 10.0. The second-order valence-electron chi connectivity index (χ2n) is 6.92. The van der Waals surface area contributed by atoms with E-state index in [1.807, 2.05) is 72.8 Å². The summed E-state index contributed by atoms with van der Waals surface area (Å²) in [6, 6.07) is 25.8. The first-order valence-corrected chi connectivity index (χ1v) is 12.0. The number of aliphatic imine (C=N–C) groups is 1. The van der Waals surface area contributed by atoms with Crippen molar-refractivity contribution in [1.82, 2.24) is 4.90 Å². The number of carbonyl (C=O) groups excluding carboxylic acids is 1. The molecule has 0 spiro atoms. The van der Waals surface area contributed by atoms with E-state index >= 15 is 0 Å². The fraction of sp³-hybridized carbons (Fsp3) is 0.120. The molecule has 0 atom stereocenters. The van der Waals surface area contributed by atoms with Crippen LogP contribution in [-0.4, -0.2) is 22.5 Å². The number of amides is 1. The Bertz CT molecular complexity index is 1110. The minimum atomic E-state index is 0.0150. The smallest absolute Gasteiger partial charge is 0.266 e. The van der Waals surface area contributed by atoms with Gasteiger partial charge in [0.1, 0.15) is 0 Å². The monoisotopic (exact) mass is 464 g/mol. The predicted octanol–water partition coefficient (Wildman–Crippen LogP) is 7.51. The maximum absolute atomic E-state index is 13.0. The molecule has 6 heteroatoms. The van der Waals surface area contributed by atoms with E-state index in [4.69, 9.17) is 16.6 Å². The molecule has 156 valence electrons. The lowest BCUT2D eigenvalue weighted by Gasteiger charge is -2.13. The molecule has 1 amide bonds. The highest BCUT2D eigenvalue weighted by Gasteiger charge is 2.32. The molecule has 1 aliphatic rings. The van der Waals surface area contributed by atoms with Gasteiger partial charge in [0.2, 0.25) is 0 Å². The average molecular weight is 465 g/mol. The lowest BCUT2D eigenvalue weighted by Crippen LogP contribution is -2.29. The largest absolute Gasteiger partial charge is 0.286 e. The van der Waals surface area contributed by atoms with Crippen molar-refractivity contribution in [3.8, 4) is 0 Å². The number of hydrogen-bond donors (Lipinski definition) is 0. The van der Waals surface area contributed by atoms with E-state index in [9.17, 15) is 4.79 Å². The van der Waals surface area contributed by atoms with Crippen molar-refractivity contribution in [3.63, 3.8) is 0 Å². The quantitative estimate of drug-likeness (QED) is 0.354. The second-order valence-corrected chi connectivity index (χ2v) is 9.51. The highest BCUT2D eigenvalue weighted by atomic mass is 35.5. The van der Waals surface area contributed by atoms with Crippen LogP contribution in [0.4, 0.5) is 5.69 Å². The van der Waals surface area contributed by atoms with Gasteiger partial charge in [0.05, 0.1) is 10.6 Å². The second kappa shape index (κ2) is 10.2. The maximum Gasteiger partial charge on any atom is 0.266 e. The molecular weight excluding hydrogens is 444 g/mol. The lowest BCUT2D eigenvalue weighted by molar-refractivity contribution is -0.122. The average Bonchev–Trinajstić information content (AvgIpc) is 3.06. The minimum Gasteiger partial charge on any atom is -0.286 e. The zero-order valence-electron chi connectivity index (χ0n) is 17.0. The van der Waals surface area contributed by atoms with Gasteiger partial charge in [0.15, 0.2) is 5.17 Å². The van der Waals surface area contributed by atoms with Crippen molar-refractivity contribution in [1.29, 1.82) is 0 Å². The Morgan fingerprint density at radius 1 is 0.968 bits per heavy atom. The third kappa shape index (κ3) is 5.62. The molecule has 4 rings (SSSR count). The number of thioether (sulfide) groups is 1. The summed E-state index contributed by atoms with van der Waals surface area (Å²) in [5.41, 5.74) is 1.84. The standard InChI is InChI=1S/C25H21ClN2OS2/c1-2-16-28-24(29)23(31-25(28)27-20-6-4-3-5-7-20)17-18-8-12-21(13-9-18)30-22-14-10-19(26)11-15-22/h3-15,17H,2,16H2,1H3/b23-17-,27-25?. The van der Waals surface area contributed by atoms with Gasteiger partial charge in [0.25, 0.3) is 5.91 Å². The highest BCUT2D eigenvalue weighted by Crippen LogP contribution is 2.35. The van der Waals surface area contributed by atoms with Crippen molar-refractivity contribution in [2.24, 2.45) is 4.99 Å². The van der Waals surface area contributed by atoms with Gasteiger partial charge in [-0.2, -0.15) is 0 Å². The number of amidine groups is 1. The number of halogens is 1. The molecule has 0 radical (unpaired) electrons. The number of hydrogen-bond acceptors (Lipinski definition) is 4. The van der Waals surface area contributed by atoms with Crippen LogP contribution in [0.15, 0.2) is 98.6 Å². The summed E-state index contributed by atoms with van der Waals surface area (Å²) >= 11 is 9.07. The molecule has 1 aliphatic heterocycles. The van der Waals surface area contributed by atoms with E-state index in [2.05, 4.69) is 19.1 Å². The normalized spacial score (nSPS) is 16.5. The van der Waals surface area contributed by atoms with Crippen LogP contribution in [-0.2, 0) is 4.79 Å². The Kier molecular flexibility index (Phi) is 7.17. The van der Waals surface area contributed by atoms with Crippen LogP contribution in [0.1, 0.15) is 18.9 Å². The fourth-order valence-corrected chi connectivity index (χ4v) is 5.01. The third-order valence-electron chi connectivity index (χ3n) is 4.54. The Morgan fingerprint density at radius 2 is 1.61 bits per heavy atom. The van der Waals surface area contributed by atoms with Crippen LogP contribution in [0.3, 0.4) is 0 Å². The zero-order chi connectivity index (χ0) is 21.6. The molecule has 0 unspecified atom stereocenters. The first kappa shape index (κ1) is 21.8. The molecule has 0 aliphatic carbocycles. The minimum absolute atomic E-state index is 0.0150. The maximum atomic E-state index is 13.0. The first-order chi connectivity index (χ1) is 15.1. The Balaban J connectivity index is 1.52. The molecule has 0 N–H and O–H groups in total. The molecular formula is C25H21ClN2OS2. The number of rotatable bonds is 6. The van der Waals surface area contributed by atoms with Crippen LogP contribution in [0.5, 0.6) is 0 Å². The summed E-state index contributed by atoms with van der Waals surface area (Å²) in [7, 11) is 0. The van der Waals surface area contributed by atoms with E-state index in [1.165, 1.54) is 11.8 Å². The summed E-state index contributed by atoms with van der Waals surface area (Å²) in [5, 5.41) is 1.47. The zero-order valence-corrected chi connectivity index (χ0v) is 19.4. The van der Waals surface area contributed by atoms with Gasteiger partial charge in [-0.1, -0.05) is 60.6 Å². The van der Waals surface area contributed by atoms with Gasteiger partial charge in [-0.05, 0) is 78.4 Å². The van der Waals surface area contributed by atoms with Crippen molar-refractivity contribution in [2.45, 2.75) is 23.1 Å².